The fraction of sp³-hybridized carbons (Fsp3) is 0.278. The van der Waals surface area contributed by atoms with E-state index in [1.165, 1.54) is 17.7 Å². The molecule has 0 amide bonds. The number of morpholine rings is 1. The predicted octanol–water partition coefficient (Wildman–Crippen LogP) is 2.91. The van der Waals surface area contributed by atoms with Gasteiger partial charge < -0.3 is 4.74 Å². The van der Waals surface area contributed by atoms with Crippen molar-refractivity contribution in [3.63, 3.8) is 0 Å². The average Bonchev–Trinajstić information content (AvgIpc) is 2.55. The van der Waals surface area contributed by atoms with E-state index < -0.39 is 11.9 Å². The Morgan fingerprint density at radius 1 is 1.18 bits per heavy atom. The number of carbonyl (C=O) groups excluding carboxylic acids is 1. The van der Waals surface area contributed by atoms with E-state index in [0.717, 1.165) is 13.1 Å². The molecule has 4 heteroatoms. The normalized spacial score (nSPS) is 19.0. The number of hydrogen-bond donors (Lipinski definition) is 0. The van der Waals surface area contributed by atoms with Crippen molar-refractivity contribution in [3.8, 4) is 0 Å². The summed E-state index contributed by atoms with van der Waals surface area (Å²) in [7, 11) is 0. The maximum Gasteiger partial charge on any atom is 0.192 e. The lowest BCUT2D eigenvalue weighted by atomic mass is 10.0. The lowest BCUT2D eigenvalue weighted by Crippen LogP contribution is -2.45. The number of ether oxygens (including phenoxy) is 1. The number of nitrogens with zero attached hydrogens (tertiary/aromatic N) is 1. The maximum absolute atomic E-state index is 13.3. The summed E-state index contributed by atoms with van der Waals surface area (Å²) in [6.45, 7) is 2.63. The Morgan fingerprint density at radius 2 is 2.00 bits per heavy atom. The summed E-state index contributed by atoms with van der Waals surface area (Å²) < 4.78 is 18.8. The Morgan fingerprint density at radius 3 is 2.77 bits per heavy atom. The van der Waals surface area contributed by atoms with Crippen LogP contribution in [0.1, 0.15) is 15.9 Å². The number of Topliss-reactive ketones (excluding diaryl/α,β-unsaturated/α-hetero) is 1. The van der Waals surface area contributed by atoms with Gasteiger partial charge in [-0.3, -0.25) is 9.69 Å². The molecule has 3 nitrogen and oxygen atoms in total. The van der Waals surface area contributed by atoms with Crippen molar-refractivity contribution in [2.24, 2.45) is 0 Å². The van der Waals surface area contributed by atoms with Crippen LogP contribution in [0.5, 0.6) is 0 Å². The molecule has 0 spiro atoms. The van der Waals surface area contributed by atoms with Crippen LogP contribution in [0.2, 0.25) is 0 Å². The summed E-state index contributed by atoms with van der Waals surface area (Å²) in [6, 6.07) is 15.9. The van der Waals surface area contributed by atoms with Crippen molar-refractivity contribution in [1.82, 2.24) is 4.90 Å². The van der Waals surface area contributed by atoms with Crippen molar-refractivity contribution >= 4 is 5.78 Å². The van der Waals surface area contributed by atoms with Crippen molar-refractivity contribution in [2.45, 2.75) is 12.6 Å². The second-order valence-electron chi connectivity index (χ2n) is 5.45. The molecular formula is C18H18FNO2. The van der Waals surface area contributed by atoms with E-state index in [-0.39, 0.29) is 5.78 Å². The summed E-state index contributed by atoms with van der Waals surface area (Å²) in [5, 5.41) is 0. The highest BCUT2D eigenvalue weighted by molar-refractivity contribution is 5.99. The molecule has 0 aliphatic carbocycles. The molecular weight excluding hydrogens is 281 g/mol. The minimum absolute atomic E-state index is 0.155. The van der Waals surface area contributed by atoms with Gasteiger partial charge in [-0.25, -0.2) is 4.39 Å². The number of carbonyl (C=O) groups is 1. The van der Waals surface area contributed by atoms with E-state index in [0.29, 0.717) is 18.7 Å². The van der Waals surface area contributed by atoms with Gasteiger partial charge in [0.1, 0.15) is 11.9 Å². The maximum atomic E-state index is 13.3. The van der Waals surface area contributed by atoms with Crippen LogP contribution in [0, 0.1) is 5.82 Å². The molecule has 1 fully saturated rings. The van der Waals surface area contributed by atoms with Crippen LogP contribution >= 0.6 is 0 Å². The molecule has 0 bridgehead atoms. The van der Waals surface area contributed by atoms with Crippen LogP contribution in [0.15, 0.2) is 54.6 Å². The number of hydrogen-bond acceptors (Lipinski definition) is 3. The zero-order chi connectivity index (χ0) is 15.4. The van der Waals surface area contributed by atoms with Crippen molar-refractivity contribution in [2.75, 3.05) is 19.7 Å². The van der Waals surface area contributed by atoms with E-state index in [2.05, 4.69) is 17.0 Å². The Kier molecular flexibility index (Phi) is 4.61. The van der Waals surface area contributed by atoms with Crippen LogP contribution in [0.25, 0.3) is 0 Å². The van der Waals surface area contributed by atoms with E-state index in [9.17, 15) is 9.18 Å². The van der Waals surface area contributed by atoms with Crippen LogP contribution < -0.4 is 0 Å². The Labute approximate surface area is 129 Å². The Bertz CT molecular complexity index is 645. The van der Waals surface area contributed by atoms with Crippen molar-refractivity contribution in [1.29, 1.82) is 0 Å². The lowest BCUT2D eigenvalue weighted by molar-refractivity contribution is -0.0190. The van der Waals surface area contributed by atoms with Gasteiger partial charge in [0.25, 0.3) is 0 Å². The monoisotopic (exact) mass is 299 g/mol. The van der Waals surface area contributed by atoms with Gasteiger partial charge >= 0.3 is 0 Å². The van der Waals surface area contributed by atoms with Crippen LogP contribution in [-0.2, 0) is 11.3 Å². The summed E-state index contributed by atoms with van der Waals surface area (Å²) in [5.74, 6) is -0.555. The highest BCUT2D eigenvalue weighted by atomic mass is 19.1. The van der Waals surface area contributed by atoms with Crippen molar-refractivity contribution in [3.05, 3.63) is 71.5 Å². The van der Waals surface area contributed by atoms with Gasteiger partial charge in [-0.05, 0) is 17.7 Å². The molecule has 1 heterocycles. The second-order valence-corrected chi connectivity index (χ2v) is 5.45. The summed E-state index contributed by atoms with van der Waals surface area (Å²) in [5.41, 5.74) is 1.58. The molecule has 2 aromatic carbocycles. The number of ketones is 1. The minimum atomic E-state index is -0.528. The fourth-order valence-corrected chi connectivity index (χ4v) is 2.67. The van der Waals surface area contributed by atoms with E-state index in [1.807, 2.05) is 18.2 Å². The van der Waals surface area contributed by atoms with Gasteiger partial charge in [-0.2, -0.15) is 0 Å². The number of benzene rings is 2. The highest BCUT2D eigenvalue weighted by Gasteiger charge is 2.27. The molecule has 0 saturated carbocycles. The van der Waals surface area contributed by atoms with Crippen molar-refractivity contribution < 1.29 is 13.9 Å². The van der Waals surface area contributed by atoms with E-state index in [4.69, 9.17) is 4.74 Å². The standard InChI is InChI=1S/C18H18FNO2/c19-16-8-4-7-15(11-16)18(21)17-13-20(9-10-22-17)12-14-5-2-1-3-6-14/h1-8,11,17H,9-10,12-13H2/t17-/m1/s1. The molecule has 0 N–H and O–H groups in total. The molecule has 22 heavy (non-hydrogen) atoms. The van der Waals surface area contributed by atoms with Crippen LogP contribution in [0.3, 0.4) is 0 Å². The number of rotatable bonds is 4. The molecule has 0 aromatic heterocycles. The smallest absolute Gasteiger partial charge is 0.192 e. The summed E-state index contributed by atoms with van der Waals surface area (Å²) in [4.78, 5) is 14.6. The molecule has 0 radical (unpaired) electrons. The summed E-state index contributed by atoms with van der Waals surface area (Å²) in [6.07, 6.45) is -0.528. The van der Waals surface area contributed by atoms with Gasteiger partial charge in [-0.1, -0.05) is 42.5 Å². The van der Waals surface area contributed by atoms with Gasteiger partial charge in [0.2, 0.25) is 0 Å². The third-order valence-electron chi connectivity index (χ3n) is 3.80. The molecule has 1 saturated heterocycles. The summed E-state index contributed by atoms with van der Waals surface area (Å²) >= 11 is 0. The van der Waals surface area contributed by atoms with E-state index in [1.54, 1.807) is 12.1 Å². The molecule has 1 aliphatic rings. The van der Waals surface area contributed by atoms with Gasteiger partial charge in [0.05, 0.1) is 6.61 Å². The third kappa shape index (κ3) is 3.59. The zero-order valence-corrected chi connectivity index (χ0v) is 12.2. The Hall–Kier alpha value is -2.04. The molecule has 1 aliphatic heterocycles. The first kappa shape index (κ1) is 14.9. The topological polar surface area (TPSA) is 29.5 Å². The predicted molar refractivity (Wildman–Crippen MR) is 82.2 cm³/mol. The largest absolute Gasteiger partial charge is 0.367 e. The Balaban J connectivity index is 1.66. The van der Waals surface area contributed by atoms with Crippen LogP contribution in [-0.4, -0.2) is 36.5 Å². The number of halogens is 1. The highest BCUT2D eigenvalue weighted by Crippen LogP contribution is 2.15. The molecule has 114 valence electrons. The average molecular weight is 299 g/mol. The minimum Gasteiger partial charge on any atom is -0.367 e. The molecule has 2 aromatic rings. The van der Waals surface area contributed by atoms with Crippen LogP contribution in [0.4, 0.5) is 4.39 Å². The first-order chi connectivity index (χ1) is 10.7. The first-order valence-corrected chi connectivity index (χ1v) is 7.40. The first-order valence-electron chi connectivity index (χ1n) is 7.40. The quantitative estimate of drug-likeness (QED) is 0.813. The fourth-order valence-electron chi connectivity index (χ4n) is 2.67. The molecule has 0 unspecified atom stereocenters. The van der Waals surface area contributed by atoms with E-state index >= 15 is 0 Å². The molecule has 1 atom stereocenters. The lowest BCUT2D eigenvalue weighted by Gasteiger charge is -2.32. The zero-order valence-electron chi connectivity index (χ0n) is 12.2. The second kappa shape index (κ2) is 6.81. The SMILES string of the molecule is O=C(c1cccc(F)c1)[C@H]1CN(Cc2ccccc2)CCO1. The third-order valence-corrected chi connectivity index (χ3v) is 3.80. The van der Waals surface area contributed by atoms with Gasteiger partial charge in [0, 0.05) is 25.2 Å². The van der Waals surface area contributed by atoms with Gasteiger partial charge in [0.15, 0.2) is 5.78 Å². The van der Waals surface area contributed by atoms with Gasteiger partial charge in [-0.15, -0.1) is 0 Å². The molecule has 3 rings (SSSR count).